The molecule has 0 atom stereocenters. The van der Waals surface area contributed by atoms with E-state index < -0.39 is 6.16 Å². The van der Waals surface area contributed by atoms with Crippen molar-refractivity contribution in [3.63, 3.8) is 0 Å². The van der Waals surface area contributed by atoms with Gasteiger partial charge in [-0.15, -0.1) is 0 Å². The van der Waals surface area contributed by atoms with Crippen LogP contribution in [0.5, 0.6) is 0 Å². The molecule has 0 unspecified atom stereocenters. The summed E-state index contributed by atoms with van der Waals surface area (Å²) in [6, 6.07) is 0. The molecule has 0 heterocycles. The number of esters is 1. The van der Waals surface area contributed by atoms with Gasteiger partial charge >= 0.3 is 41.7 Å². The van der Waals surface area contributed by atoms with Gasteiger partial charge in [-0.25, -0.2) is 4.79 Å². The van der Waals surface area contributed by atoms with Crippen molar-refractivity contribution in [2.24, 2.45) is 0 Å². The molecule has 11 heavy (non-hydrogen) atoms. The van der Waals surface area contributed by atoms with Gasteiger partial charge in [0.1, 0.15) is 0 Å². The first kappa shape index (κ1) is 17.0. The van der Waals surface area contributed by atoms with Gasteiger partial charge in [0.15, 0.2) is 0 Å². The van der Waals surface area contributed by atoms with E-state index in [1.165, 1.54) is 6.92 Å². The second-order valence-electron chi connectivity index (χ2n) is 1.21. The molecule has 0 saturated heterocycles. The van der Waals surface area contributed by atoms with Crippen LogP contribution in [0, 0.1) is 0 Å². The van der Waals surface area contributed by atoms with Crippen LogP contribution in [0.25, 0.3) is 0 Å². The second-order valence-corrected chi connectivity index (χ2v) is 1.21. The van der Waals surface area contributed by atoms with Crippen molar-refractivity contribution in [2.75, 3.05) is 6.61 Å². The summed E-state index contributed by atoms with van der Waals surface area (Å²) in [5, 5.41) is 13.9. The summed E-state index contributed by atoms with van der Waals surface area (Å²) in [5.74, 6) is -0.211. The third kappa shape index (κ3) is 77.7. The van der Waals surface area contributed by atoms with E-state index in [1.807, 2.05) is 0 Å². The Morgan fingerprint density at radius 1 is 1.36 bits per heavy atom. The summed E-state index contributed by atoms with van der Waals surface area (Å²) in [4.78, 5) is 18.4. The standard InChI is InChI=1S/C4H8O2.CH2O3.Na.H/c1-3-6-4(2)5;2-1(3)4;;/h3H2,1-2H3;(H2,2,3,4);;. The van der Waals surface area contributed by atoms with E-state index in [4.69, 9.17) is 15.0 Å². The fraction of sp³-hybridized carbons (Fsp3) is 0.600. The van der Waals surface area contributed by atoms with Gasteiger partial charge in [-0.05, 0) is 6.92 Å². The third-order valence-corrected chi connectivity index (χ3v) is 0.348. The molecule has 0 radical (unpaired) electrons. The molecular weight excluding hydrogens is 163 g/mol. The van der Waals surface area contributed by atoms with E-state index in [0.29, 0.717) is 6.61 Å². The van der Waals surface area contributed by atoms with Crippen molar-refractivity contribution in [2.45, 2.75) is 13.8 Å². The van der Waals surface area contributed by atoms with Gasteiger partial charge in [0.2, 0.25) is 0 Å². The Bertz CT molecular complexity index is 109. The summed E-state index contributed by atoms with van der Waals surface area (Å²) in [5.41, 5.74) is 0. The van der Waals surface area contributed by atoms with Crippen LogP contribution in [0.1, 0.15) is 13.8 Å². The van der Waals surface area contributed by atoms with E-state index in [1.54, 1.807) is 6.92 Å². The average Bonchev–Trinajstić information content (AvgIpc) is 1.62. The van der Waals surface area contributed by atoms with Crippen molar-refractivity contribution in [1.82, 2.24) is 0 Å². The predicted octanol–water partition coefficient (Wildman–Crippen LogP) is 0.143. The third-order valence-electron chi connectivity index (χ3n) is 0.348. The Balaban J connectivity index is -0.000000114. The Morgan fingerprint density at radius 2 is 1.64 bits per heavy atom. The molecule has 0 aliphatic carbocycles. The van der Waals surface area contributed by atoms with Crippen LogP contribution in [0.4, 0.5) is 4.79 Å². The maximum absolute atomic E-state index is 9.82. The van der Waals surface area contributed by atoms with E-state index in [-0.39, 0.29) is 35.5 Å². The summed E-state index contributed by atoms with van der Waals surface area (Å²) < 4.78 is 4.40. The first-order chi connectivity index (χ1) is 4.50. The van der Waals surface area contributed by atoms with Crippen LogP contribution >= 0.6 is 0 Å². The van der Waals surface area contributed by atoms with Crippen LogP contribution in [0.3, 0.4) is 0 Å². The number of ether oxygens (including phenoxy) is 1. The minimum atomic E-state index is -1.83. The van der Waals surface area contributed by atoms with Crippen LogP contribution in [-0.4, -0.2) is 58.5 Å². The van der Waals surface area contributed by atoms with E-state index in [0.717, 1.165) is 0 Å². The molecular formula is C5H11NaO5. The second kappa shape index (κ2) is 12.4. The Labute approximate surface area is 86.6 Å². The van der Waals surface area contributed by atoms with Crippen LogP contribution in [0.2, 0.25) is 0 Å². The van der Waals surface area contributed by atoms with Gasteiger partial charge in [0.05, 0.1) is 6.61 Å². The molecule has 0 saturated carbocycles. The molecule has 0 aromatic heterocycles. The number of hydrogen-bond donors (Lipinski definition) is 2. The van der Waals surface area contributed by atoms with Gasteiger partial charge in [-0.2, -0.15) is 0 Å². The van der Waals surface area contributed by atoms with Gasteiger partial charge < -0.3 is 14.9 Å². The van der Waals surface area contributed by atoms with Crippen molar-refractivity contribution in [1.29, 1.82) is 0 Å². The van der Waals surface area contributed by atoms with Crippen LogP contribution in [0.15, 0.2) is 0 Å². The predicted molar refractivity (Wildman–Crippen MR) is 40.1 cm³/mol. The fourth-order valence-electron chi connectivity index (χ4n) is 0.203. The molecule has 0 rings (SSSR count). The van der Waals surface area contributed by atoms with Gasteiger partial charge in [0.25, 0.3) is 0 Å². The summed E-state index contributed by atoms with van der Waals surface area (Å²) in [7, 11) is 0. The first-order valence-electron chi connectivity index (χ1n) is 2.56. The van der Waals surface area contributed by atoms with Crippen LogP contribution in [-0.2, 0) is 9.53 Å². The first-order valence-corrected chi connectivity index (χ1v) is 2.56. The number of carboxylic acid groups (broad SMARTS) is 2. The summed E-state index contributed by atoms with van der Waals surface area (Å²) in [6.07, 6.45) is -1.83. The number of rotatable bonds is 1. The molecule has 0 spiro atoms. The molecule has 0 aromatic rings. The zero-order valence-electron chi connectivity index (χ0n) is 5.83. The van der Waals surface area contributed by atoms with Gasteiger partial charge in [0, 0.05) is 6.92 Å². The molecule has 0 amide bonds. The summed E-state index contributed by atoms with van der Waals surface area (Å²) >= 11 is 0. The van der Waals surface area contributed by atoms with Crippen molar-refractivity contribution < 1.29 is 24.5 Å². The van der Waals surface area contributed by atoms with E-state index in [2.05, 4.69) is 4.74 Å². The molecule has 0 aromatic carbocycles. The SMILES string of the molecule is CCOC(C)=O.O=C(O)O.[NaH]. The maximum atomic E-state index is 9.82. The van der Waals surface area contributed by atoms with Crippen LogP contribution < -0.4 is 0 Å². The van der Waals surface area contributed by atoms with E-state index >= 15 is 0 Å². The Morgan fingerprint density at radius 3 is 1.64 bits per heavy atom. The van der Waals surface area contributed by atoms with Crippen molar-refractivity contribution in [3.05, 3.63) is 0 Å². The normalized spacial score (nSPS) is 6.36. The molecule has 0 bridgehead atoms. The number of carbonyl (C=O) groups excluding carboxylic acids is 1. The number of carbonyl (C=O) groups is 2. The zero-order chi connectivity index (χ0) is 8.57. The quantitative estimate of drug-likeness (QED) is 0.436. The topological polar surface area (TPSA) is 83.8 Å². The molecule has 6 heteroatoms. The minimum absolute atomic E-state index is 0. The molecule has 62 valence electrons. The van der Waals surface area contributed by atoms with Gasteiger partial charge in [-0.1, -0.05) is 0 Å². The van der Waals surface area contributed by atoms with E-state index in [9.17, 15) is 4.79 Å². The molecule has 5 nitrogen and oxygen atoms in total. The monoisotopic (exact) mass is 174 g/mol. The molecule has 0 fully saturated rings. The van der Waals surface area contributed by atoms with Crippen molar-refractivity contribution >= 4 is 41.7 Å². The molecule has 0 aliphatic rings. The molecule has 0 aliphatic heterocycles. The Hall–Kier alpha value is -0.260. The number of hydrogen-bond acceptors (Lipinski definition) is 3. The molecule has 2 N–H and O–H groups in total. The van der Waals surface area contributed by atoms with Crippen molar-refractivity contribution in [3.8, 4) is 0 Å². The average molecular weight is 174 g/mol. The Kier molecular flexibility index (Phi) is 19.2. The van der Waals surface area contributed by atoms with Gasteiger partial charge in [-0.3, -0.25) is 4.79 Å². The summed E-state index contributed by atoms with van der Waals surface area (Å²) in [6.45, 7) is 3.65. The fourth-order valence-corrected chi connectivity index (χ4v) is 0.203. The zero-order valence-corrected chi connectivity index (χ0v) is 5.83.